The first-order chi connectivity index (χ1) is 8.81. The number of nitro benzene ring substituents is 1. The molecule has 0 amide bonds. The summed E-state index contributed by atoms with van der Waals surface area (Å²) >= 11 is 0. The standard InChI is InChI=1S/C10H16N4O4S/c1-3-7(2)13-19(17,18)8-4-5-10(14(15)16)9(6-8)12-11/h4-7,12-13H,3,11H2,1-2H3. The molecule has 8 nitrogen and oxygen atoms in total. The summed E-state index contributed by atoms with van der Waals surface area (Å²) in [7, 11) is -3.71. The Morgan fingerprint density at radius 1 is 1.47 bits per heavy atom. The van der Waals surface area contributed by atoms with Crippen molar-refractivity contribution in [2.24, 2.45) is 5.84 Å². The molecule has 0 aromatic heterocycles. The van der Waals surface area contributed by atoms with Gasteiger partial charge < -0.3 is 5.43 Å². The lowest BCUT2D eigenvalue weighted by molar-refractivity contribution is -0.384. The highest BCUT2D eigenvalue weighted by Gasteiger charge is 2.21. The van der Waals surface area contributed by atoms with Gasteiger partial charge in [0.25, 0.3) is 5.69 Å². The Hall–Kier alpha value is -1.71. The molecule has 0 heterocycles. The summed E-state index contributed by atoms with van der Waals surface area (Å²) in [6.45, 7) is 3.57. The van der Waals surface area contributed by atoms with Crippen LogP contribution in [0.4, 0.5) is 11.4 Å². The summed E-state index contributed by atoms with van der Waals surface area (Å²) in [5.74, 6) is 5.16. The second-order valence-corrected chi connectivity index (χ2v) is 5.72. The van der Waals surface area contributed by atoms with Crippen molar-refractivity contribution >= 4 is 21.4 Å². The third kappa shape index (κ3) is 3.63. The van der Waals surface area contributed by atoms with Crippen LogP contribution in [0.5, 0.6) is 0 Å². The van der Waals surface area contributed by atoms with Gasteiger partial charge in [-0.2, -0.15) is 0 Å². The molecule has 9 heteroatoms. The molecule has 4 N–H and O–H groups in total. The number of benzene rings is 1. The summed E-state index contributed by atoms with van der Waals surface area (Å²) in [6, 6.07) is 3.17. The number of rotatable bonds is 6. The fraction of sp³-hybridized carbons (Fsp3) is 0.400. The van der Waals surface area contributed by atoms with Crippen molar-refractivity contribution in [3.8, 4) is 0 Å². The number of sulfonamides is 1. The van der Waals surface area contributed by atoms with Crippen molar-refractivity contribution in [3.05, 3.63) is 28.3 Å². The number of hydrogen-bond donors (Lipinski definition) is 3. The van der Waals surface area contributed by atoms with Gasteiger partial charge in [0.1, 0.15) is 5.69 Å². The van der Waals surface area contributed by atoms with Gasteiger partial charge in [-0.1, -0.05) is 6.92 Å². The molecule has 0 saturated carbocycles. The van der Waals surface area contributed by atoms with Crippen LogP contribution in [0.15, 0.2) is 23.1 Å². The minimum Gasteiger partial charge on any atom is -0.318 e. The van der Waals surface area contributed by atoms with Gasteiger partial charge in [-0.05, 0) is 25.5 Å². The molecule has 1 aromatic rings. The first kappa shape index (κ1) is 15.3. The Morgan fingerprint density at radius 2 is 2.11 bits per heavy atom. The zero-order valence-corrected chi connectivity index (χ0v) is 11.4. The Balaban J connectivity index is 3.19. The monoisotopic (exact) mass is 288 g/mol. The molecule has 1 rings (SSSR count). The van der Waals surface area contributed by atoms with Crippen LogP contribution in [0, 0.1) is 10.1 Å². The lowest BCUT2D eigenvalue weighted by Gasteiger charge is -2.12. The maximum atomic E-state index is 12.0. The molecule has 19 heavy (non-hydrogen) atoms. The Kier molecular flexibility index (Phi) is 4.81. The van der Waals surface area contributed by atoms with E-state index in [9.17, 15) is 18.5 Å². The summed E-state index contributed by atoms with van der Waals surface area (Å²) < 4.78 is 26.5. The van der Waals surface area contributed by atoms with Crippen molar-refractivity contribution in [2.75, 3.05) is 5.43 Å². The van der Waals surface area contributed by atoms with E-state index in [2.05, 4.69) is 10.1 Å². The van der Waals surface area contributed by atoms with E-state index < -0.39 is 14.9 Å². The van der Waals surface area contributed by atoms with E-state index in [1.807, 2.05) is 6.92 Å². The number of nitro groups is 1. The molecule has 0 fully saturated rings. The topological polar surface area (TPSA) is 127 Å². The van der Waals surface area contributed by atoms with Gasteiger partial charge in [-0.3, -0.25) is 16.0 Å². The second-order valence-electron chi connectivity index (χ2n) is 4.01. The third-order valence-corrected chi connectivity index (χ3v) is 4.19. The fourth-order valence-corrected chi connectivity index (χ4v) is 2.73. The van der Waals surface area contributed by atoms with Gasteiger partial charge in [0, 0.05) is 12.1 Å². The summed E-state index contributed by atoms with van der Waals surface area (Å²) in [4.78, 5) is 9.99. The van der Waals surface area contributed by atoms with Crippen LogP contribution in [0.1, 0.15) is 20.3 Å². The van der Waals surface area contributed by atoms with Crippen LogP contribution in [-0.4, -0.2) is 19.4 Å². The Bertz CT molecular complexity index is 573. The molecule has 0 bridgehead atoms. The maximum Gasteiger partial charge on any atom is 0.293 e. The Morgan fingerprint density at radius 3 is 2.58 bits per heavy atom. The van der Waals surface area contributed by atoms with Gasteiger partial charge in [0.05, 0.1) is 9.82 Å². The number of hydrogen-bond acceptors (Lipinski definition) is 6. The molecular weight excluding hydrogens is 272 g/mol. The summed E-state index contributed by atoms with van der Waals surface area (Å²) in [6.07, 6.45) is 0.633. The molecule has 1 aromatic carbocycles. The minimum absolute atomic E-state index is 0.0583. The molecule has 0 saturated heterocycles. The number of anilines is 1. The van der Waals surface area contributed by atoms with E-state index >= 15 is 0 Å². The van der Waals surface area contributed by atoms with E-state index in [4.69, 9.17) is 5.84 Å². The highest BCUT2D eigenvalue weighted by molar-refractivity contribution is 7.89. The Labute approximate surface area is 111 Å². The predicted molar refractivity (Wildman–Crippen MR) is 71.0 cm³/mol. The SMILES string of the molecule is CCC(C)NS(=O)(=O)c1ccc([N+](=O)[O-])c(NN)c1. The average Bonchev–Trinajstić information content (AvgIpc) is 2.37. The molecular formula is C10H16N4O4S. The quantitative estimate of drug-likeness (QED) is 0.406. The van der Waals surface area contributed by atoms with Crippen molar-refractivity contribution in [1.82, 2.24) is 4.72 Å². The van der Waals surface area contributed by atoms with Crippen molar-refractivity contribution in [2.45, 2.75) is 31.2 Å². The number of nitrogens with zero attached hydrogens (tertiary/aromatic N) is 1. The number of nitrogens with two attached hydrogens (primary N) is 1. The molecule has 0 radical (unpaired) electrons. The van der Waals surface area contributed by atoms with E-state index in [1.54, 1.807) is 6.92 Å². The fourth-order valence-electron chi connectivity index (χ4n) is 1.37. The first-order valence-electron chi connectivity index (χ1n) is 5.59. The molecule has 0 aliphatic heterocycles. The molecule has 106 valence electrons. The lowest BCUT2D eigenvalue weighted by atomic mass is 10.3. The van der Waals surface area contributed by atoms with Gasteiger partial charge in [-0.15, -0.1) is 0 Å². The number of nitrogens with one attached hydrogen (secondary N) is 2. The second kappa shape index (κ2) is 5.95. The highest BCUT2D eigenvalue weighted by atomic mass is 32.2. The van der Waals surface area contributed by atoms with Crippen LogP contribution < -0.4 is 16.0 Å². The summed E-state index contributed by atoms with van der Waals surface area (Å²) in [5, 5.41) is 10.7. The maximum absolute atomic E-state index is 12.0. The number of nitrogen functional groups attached to an aromatic ring is 1. The normalized spacial score (nSPS) is 13.0. The van der Waals surface area contributed by atoms with Gasteiger partial charge >= 0.3 is 0 Å². The van der Waals surface area contributed by atoms with Gasteiger partial charge in [0.15, 0.2) is 0 Å². The summed E-state index contributed by atoms with van der Waals surface area (Å²) in [5.41, 5.74) is 1.78. The lowest BCUT2D eigenvalue weighted by Crippen LogP contribution is -2.32. The van der Waals surface area contributed by atoms with Crippen LogP contribution >= 0.6 is 0 Å². The van der Waals surface area contributed by atoms with E-state index in [-0.39, 0.29) is 22.3 Å². The van der Waals surface area contributed by atoms with Crippen molar-refractivity contribution in [1.29, 1.82) is 0 Å². The van der Waals surface area contributed by atoms with Crippen LogP contribution in [0.25, 0.3) is 0 Å². The van der Waals surface area contributed by atoms with E-state index in [0.29, 0.717) is 6.42 Å². The van der Waals surface area contributed by atoms with Crippen LogP contribution in [0.3, 0.4) is 0 Å². The van der Waals surface area contributed by atoms with Crippen LogP contribution in [-0.2, 0) is 10.0 Å². The smallest absolute Gasteiger partial charge is 0.293 e. The molecule has 1 atom stereocenters. The molecule has 0 aliphatic rings. The number of hydrazine groups is 1. The van der Waals surface area contributed by atoms with Crippen molar-refractivity contribution < 1.29 is 13.3 Å². The predicted octanol–water partition coefficient (Wildman–Crippen LogP) is 0.957. The van der Waals surface area contributed by atoms with Gasteiger partial charge in [-0.25, -0.2) is 13.1 Å². The third-order valence-electron chi connectivity index (χ3n) is 2.60. The van der Waals surface area contributed by atoms with Crippen molar-refractivity contribution in [3.63, 3.8) is 0 Å². The van der Waals surface area contributed by atoms with E-state index in [0.717, 1.165) is 12.1 Å². The largest absolute Gasteiger partial charge is 0.318 e. The minimum atomic E-state index is -3.71. The zero-order valence-electron chi connectivity index (χ0n) is 10.6. The average molecular weight is 288 g/mol. The zero-order chi connectivity index (χ0) is 14.6. The molecule has 1 unspecified atom stereocenters. The highest BCUT2D eigenvalue weighted by Crippen LogP contribution is 2.26. The first-order valence-corrected chi connectivity index (χ1v) is 7.07. The van der Waals surface area contributed by atoms with Gasteiger partial charge in [0.2, 0.25) is 10.0 Å². The van der Waals surface area contributed by atoms with Crippen LogP contribution in [0.2, 0.25) is 0 Å². The van der Waals surface area contributed by atoms with E-state index in [1.165, 1.54) is 6.07 Å². The molecule has 0 aliphatic carbocycles. The molecule has 0 spiro atoms.